The van der Waals surface area contributed by atoms with Gasteiger partial charge >= 0.3 is 0 Å². The fourth-order valence-corrected chi connectivity index (χ4v) is 3.92. The minimum Gasteiger partial charge on any atom is -0.350 e. The molecule has 0 radical (unpaired) electrons. The van der Waals surface area contributed by atoms with Crippen molar-refractivity contribution in [3.05, 3.63) is 51.1 Å². The molecule has 3 aromatic rings. The van der Waals surface area contributed by atoms with Crippen LogP contribution in [-0.2, 0) is 13.0 Å². The summed E-state index contributed by atoms with van der Waals surface area (Å²) in [4.78, 5) is 22.8. The molecular weight excluding hydrogens is 320 g/mol. The molecule has 1 aliphatic rings. The lowest BCUT2D eigenvalue weighted by molar-refractivity contribution is 0.0731. The number of carbonyl (C=O) groups is 1. The number of amides is 1. The number of carbonyl (C=O) groups excluding carboxylic acids is 1. The molecule has 0 spiro atoms. The molecule has 0 atom stereocenters. The van der Waals surface area contributed by atoms with E-state index in [2.05, 4.69) is 9.97 Å². The summed E-state index contributed by atoms with van der Waals surface area (Å²) in [6, 6.07) is 3.87. The largest absolute Gasteiger partial charge is 0.350 e. The van der Waals surface area contributed by atoms with E-state index in [0.717, 1.165) is 21.6 Å². The maximum atomic E-state index is 13.8. The highest BCUT2D eigenvalue weighted by molar-refractivity contribution is 7.11. The van der Waals surface area contributed by atoms with Gasteiger partial charge in [-0.05, 0) is 25.1 Å². The van der Waals surface area contributed by atoms with Gasteiger partial charge in [0.25, 0.3) is 5.91 Å². The number of nitrogens with zero attached hydrogens (tertiary/aromatic N) is 2. The van der Waals surface area contributed by atoms with Gasteiger partial charge < -0.3 is 9.88 Å². The van der Waals surface area contributed by atoms with Crippen LogP contribution < -0.4 is 0 Å². The molecular formula is C16H13F2N3OS. The fourth-order valence-electron chi connectivity index (χ4n) is 2.93. The fraction of sp³-hybridized carbons (Fsp3) is 0.250. The molecule has 0 saturated carbocycles. The van der Waals surface area contributed by atoms with E-state index >= 15 is 0 Å². The van der Waals surface area contributed by atoms with E-state index in [4.69, 9.17) is 0 Å². The van der Waals surface area contributed by atoms with Gasteiger partial charge in [-0.15, -0.1) is 11.3 Å². The van der Waals surface area contributed by atoms with Crippen LogP contribution in [0.1, 0.15) is 26.1 Å². The van der Waals surface area contributed by atoms with Gasteiger partial charge in [0, 0.05) is 28.7 Å². The molecule has 7 heteroatoms. The Kier molecular flexibility index (Phi) is 3.19. The summed E-state index contributed by atoms with van der Waals surface area (Å²) >= 11 is 1.59. The second-order valence-electron chi connectivity index (χ2n) is 5.59. The van der Waals surface area contributed by atoms with E-state index in [9.17, 15) is 13.6 Å². The third-order valence-corrected chi connectivity index (χ3v) is 5.04. The van der Waals surface area contributed by atoms with Gasteiger partial charge in [0.2, 0.25) is 0 Å². The molecule has 1 aliphatic heterocycles. The molecule has 0 fully saturated rings. The Bertz CT molecular complexity index is 931. The number of hydrogen-bond acceptors (Lipinski definition) is 3. The monoisotopic (exact) mass is 333 g/mol. The summed E-state index contributed by atoms with van der Waals surface area (Å²) in [6.45, 7) is 3.03. The lowest BCUT2D eigenvalue weighted by Crippen LogP contribution is -2.35. The molecule has 0 saturated heterocycles. The molecule has 1 amide bonds. The zero-order valence-corrected chi connectivity index (χ0v) is 13.1. The number of halogens is 2. The normalized spacial score (nSPS) is 14.3. The topological polar surface area (TPSA) is 49.0 Å². The van der Waals surface area contributed by atoms with Crippen LogP contribution in [-0.4, -0.2) is 27.3 Å². The quantitative estimate of drug-likeness (QED) is 0.742. The smallest absolute Gasteiger partial charge is 0.270 e. The minimum absolute atomic E-state index is 0.0969. The van der Waals surface area contributed by atoms with Gasteiger partial charge in [0.15, 0.2) is 11.6 Å². The average molecular weight is 333 g/mol. The molecule has 4 rings (SSSR count). The molecule has 3 heterocycles. The number of nitrogens with one attached hydrogen (secondary N) is 1. The van der Waals surface area contributed by atoms with Gasteiger partial charge in [0.05, 0.1) is 17.2 Å². The van der Waals surface area contributed by atoms with Crippen molar-refractivity contribution < 1.29 is 13.6 Å². The Labute approximate surface area is 134 Å². The maximum absolute atomic E-state index is 13.8. The Balaban J connectivity index is 1.66. The third-order valence-electron chi connectivity index (χ3n) is 4.05. The van der Waals surface area contributed by atoms with Crippen LogP contribution in [0, 0.1) is 18.6 Å². The minimum atomic E-state index is -0.934. The first-order chi connectivity index (χ1) is 11.0. The number of fused-ring (bicyclic) bond motifs is 2. The zero-order chi connectivity index (χ0) is 16.1. The first-order valence-electron chi connectivity index (χ1n) is 7.24. The second kappa shape index (κ2) is 5.13. The van der Waals surface area contributed by atoms with E-state index in [1.165, 1.54) is 12.1 Å². The molecule has 2 aromatic heterocycles. The van der Waals surface area contributed by atoms with Crippen molar-refractivity contribution in [1.29, 1.82) is 0 Å². The van der Waals surface area contributed by atoms with Crippen LogP contribution in [0.2, 0.25) is 0 Å². The van der Waals surface area contributed by atoms with Crippen LogP contribution in [0.4, 0.5) is 8.78 Å². The summed E-state index contributed by atoms with van der Waals surface area (Å²) in [5.74, 6) is -2.06. The van der Waals surface area contributed by atoms with Crippen LogP contribution in [0.15, 0.2) is 18.2 Å². The molecule has 0 aliphatic carbocycles. The molecule has 118 valence electrons. The highest BCUT2D eigenvalue weighted by Gasteiger charge is 2.25. The molecule has 23 heavy (non-hydrogen) atoms. The van der Waals surface area contributed by atoms with Crippen molar-refractivity contribution >= 4 is 28.1 Å². The SMILES string of the molecule is Cc1nc2c(s1)CN(C(=O)c1cc3c(F)c(F)ccc3[nH]1)CC2. The van der Waals surface area contributed by atoms with Crippen LogP contribution >= 0.6 is 11.3 Å². The first kappa shape index (κ1) is 14.3. The number of aromatic nitrogens is 2. The first-order valence-corrected chi connectivity index (χ1v) is 8.06. The van der Waals surface area contributed by atoms with Crippen LogP contribution in [0.5, 0.6) is 0 Å². The van der Waals surface area contributed by atoms with Gasteiger partial charge in [-0.3, -0.25) is 4.79 Å². The standard InChI is InChI=1S/C16H13F2N3OS/c1-8-19-12-4-5-21(7-14(12)23-8)16(22)13-6-9-11(20-13)3-2-10(17)15(9)18/h2-3,6,20H,4-5,7H2,1H3. The number of thiazole rings is 1. The van der Waals surface area contributed by atoms with Crippen LogP contribution in [0.25, 0.3) is 10.9 Å². The van der Waals surface area contributed by atoms with Gasteiger partial charge in [-0.1, -0.05) is 0 Å². The predicted octanol–water partition coefficient (Wildman–Crippen LogP) is 3.41. The lowest BCUT2D eigenvalue weighted by Gasteiger charge is -2.25. The van der Waals surface area contributed by atoms with Crippen molar-refractivity contribution in [1.82, 2.24) is 14.9 Å². The zero-order valence-electron chi connectivity index (χ0n) is 12.3. The van der Waals surface area contributed by atoms with E-state index in [1.807, 2.05) is 6.92 Å². The van der Waals surface area contributed by atoms with Crippen molar-refractivity contribution in [2.75, 3.05) is 6.54 Å². The summed E-state index contributed by atoms with van der Waals surface area (Å²) in [6.07, 6.45) is 0.717. The summed E-state index contributed by atoms with van der Waals surface area (Å²) in [5.41, 5.74) is 1.74. The number of H-pyrrole nitrogens is 1. The van der Waals surface area contributed by atoms with Crippen molar-refractivity contribution in [3.8, 4) is 0 Å². The number of aromatic amines is 1. The second-order valence-corrected chi connectivity index (χ2v) is 6.87. The molecule has 4 nitrogen and oxygen atoms in total. The van der Waals surface area contributed by atoms with Crippen molar-refractivity contribution in [2.24, 2.45) is 0 Å². The highest BCUT2D eigenvalue weighted by atomic mass is 32.1. The maximum Gasteiger partial charge on any atom is 0.270 e. The number of rotatable bonds is 1. The lowest BCUT2D eigenvalue weighted by atomic mass is 10.1. The number of benzene rings is 1. The highest BCUT2D eigenvalue weighted by Crippen LogP contribution is 2.27. The number of hydrogen-bond donors (Lipinski definition) is 1. The van der Waals surface area contributed by atoms with Gasteiger partial charge in [0.1, 0.15) is 5.69 Å². The van der Waals surface area contributed by atoms with Gasteiger partial charge in [-0.25, -0.2) is 13.8 Å². The van der Waals surface area contributed by atoms with E-state index in [-0.39, 0.29) is 17.0 Å². The van der Waals surface area contributed by atoms with E-state index in [1.54, 1.807) is 16.2 Å². The Morgan fingerprint density at radius 1 is 1.39 bits per heavy atom. The third kappa shape index (κ3) is 2.31. The van der Waals surface area contributed by atoms with Crippen molar-refractivity contribution in [3.63, 3.8) is 0 Å². The van der Waals surface area contributed by atoms with E-state index in [0.29, 0.717) is 25.0 Å². The molecule has 0 bridgehead atoms. The molecule has 1 aromatic carbocycles. The Morgan fingerprint density at radius 3 is 3.04 bits per heavy atom. The summed E-state index contributed by atoms with van der Waals surface area (Å²) in [5, 5.41) is 1.09. The van der Waals surface area contributed by atoms with Crippen LogP contribution in [0.3, 0.4) is 0 Å². The average Bonchev–Trinajstić information content (AvgIpc) is 3.12. The Morgan fingerprint density at radius 2 is 2.22 bits per heavy atom. The summed E-state index contributed by atoms with van der Waals surface area (Å²) < 4.78 is 27.1. The van der Waals surface area contributed by atoms with E-state index < -0.39 is 11.6 Å². The molecule has 0 unspecified atom stereocenters. The summed E-state index contributed by atoms with van der Waals surface area (Å²) in [7, 11) is 0. The number of aryl methyl sites for hydroxylation is 1. The molecule has 1 N–H and O–H groups in total. The predicted molar refractivity (Wildman–Crippen MR) is 83.5 cm³/mol. The van der Waals surface area contributed by atoms with Gasteiger partial charge in [-0.2, -0.15) is 0 Å². The van der Waals surface area contributed by atoms with Crippen molar-refractivity contribution in [2.45, 2.75) is 19.9 Å². The Hall–Kier alpha value is -2.28.